The van der Waals surface area contributed by atoms with Crippen LogP contribution in [0.4, 0.5) is 0 Å². The topological polar surface area (TPSA) is 66.9 Å². The Labute approximate surface area is 165 Å². The van der Waals surface area contributed by atoms with Gasteiger partial charge in [0.1, 0.15) is 5.72 Å². The van der Waals surface area contributed by atoms with Crippen molar-refractivity contribution in [2.75, 3.05) is 26.2 Å². The third-order valence-electron chi connectivity index (χ3n) is 5.55. The third kappa shape index (κ3) is 3.34. The average molecular weight is 400 g/mol. The van der Waals surface area contributed by atoms with Gasteiger partial charge in [-0.3, -0.25) is 4.79 Å². The number of benzene rings is 2. The van der Waals surface area contributed by atoms with Crippen LogP contribution in [0.15, 0.2) is 59.5 Å². The lowest BCUT2D eigenvalue weighted by Crippen LogP contribution is -2.55. The molecule has 2 fully saturated rings. The SMILES string of the molecule is Cc1cccc(C(=O)N2CCC3(CC2)OCCN3S(=O)(=O)c2ccccc2)c1. The van der Waals surface area contributed by atoms with E-state index in [2.05, 4.69) is 0 Å². The van der Waals surface area contributed by atoms with Crippen molar-refractivity contribution in [3.05, 3.63) is 65.7 Å². The highest BCUT2D eigenvalue weighted by Gasteiger charge is 2.50. The molecule has 0 aliphatic carbocycles. The van der Waals surface area contributed by atoms with Gasteiger partial charge in [0.05, 0.1) is 11.5 Å². The molecule has 6 nitrogen and oxygen atoms in total. The van der Waals surface area contributed by atoms with E-state index in [9.17, 15) is 13.2 Å². The molecule has 148 valence electrons. The van der Waals surface area contributed by atoms with Crippen molar-refractivity contribution in [1.82, 2.24) is 9.21 Å². The highest BCUT2D eigenvalue weighted by Crippen LogP contribution is 2.38. The Balaban J connectivity index is 1.52. The minimum Gasteiger partial charge on any atom is -0.358 e. The summed E-state index contributed by atoms with van der Waals surface area (Å²) in [7, 11) is -3.64. The number of ether oxygens (including phenoxy) is 1. The molecule has 2 saturated heterocycles. The van der Waals surface area contributed by atoms with Crippen molar-refractivity contribution in [3.63, 3.8) is 0 Å². The van der Waals surface area contributed by atoms with E-state index in [1.807, 2.05) is 31.2 Å². The molecule has 0 aromatic heterocycles. The van der Waals surface area contributed by atoms with Crippen molar-refractivity contribution in [1.29, 1.82) is 0 Å². The molecule has 28 heavy (non-hydrogen) atoms. The van der Waals surface area contributed by atoms with Crippen LogP contribution in [0, 0.1) is 6.92 Å². The number of nitrogens with zero attached hydrogens (tertiary/aromatic N) is 2. The van der Waals surface area contributed by atoms with Gasteiger partial charge in [-0.1, -0.05) is 35.9 Å². The maximum Gasteiger partial charge on any atom is 0.253 e. The maximum absolute atomic E-state index is 13.1. The van der Waals surface area contributed by atoms with E-state index in [0.29, 0.717) is 44.6 Å². The standard InChI is InChI=1S/C21H24N2O4S/c1-17-6-5-7-18(16-17)20(24)22-12-10-21(11-13-22)23(14-15-27-21)28(25,26)19-8-3-2-4-9-19/h2-9,16H,10-15H2,1H3. The van der Waals surface area contributed by atoms with Crippen LogP contribution in [0.25, 0.3) is 0 Å². The van der Waals surface area contributed by atoms with Crippen molar-refractivity contribution in [2.24, 2.45) is 0 Å². The number of carbonyl (C=O) groups excluding carboxylic acids is 1. The van der Waals surface area contributed by atoms with Crippen LogP contribution in [-0.2, 0) is 14.8 Å². The summed E-state index contributed by atoms with van der Waals surface area (Å²) in [6.45, 7) is 3.60. The zero-order valence-corrected chi connectivity index (χ0v) is 16.7. The fraction of sp³-hybridized carbons (Fsp3) is 0.381. The van der Waals surface area contributed by atoms with Gasteiger partial charge in [-0.25, -0.2) is 8.42 Å². The predicted molar refractivity (Wildman–Crippen MR) is 105 cm³/mol. The largest absolute Gasteiger partial charge is 0.358 e. The first-order valence-corrected chi connectivity index (χ1v) is 10.9. The van der Waals surface area contributed by atoms with E-state index in [1.54, 1.807) is 35.2 Å². The quantitative estimate of drug-likeness (QED) is 0.794. The lowest BCUT2D eigenvalue weighted by molar-refractivity contribution is -0.0857. The number of hydrogen-bond acceptors (Lipinski definition) is 4. The monoisotopic (exact) mass is 400 g/mol. The van der Waals surface area contributed by atoms with Crippen LogP contribution in [0.1, 0.15) is 28.8 Å². The summed E-state index contributed by atoms with van der Waals surface area (Å²) in [6.07, 6.45) is 0.938. The molecule has 2 aromatic carbocycles. The first kappa shape index (κ1) is 19.1. The van der Waals surface area contributed by atoms with Gasteiger partial charge >= 0.3 is 0 Å². The number of hydrogen-bond donors (Lipinski definition) is 0. The number of aryl methyl sites for hydroxylation is 1. The molecule has 2 heterocycles. The van der Waals surface area contributed by atoms with Gasteiger partial charge < -0.3 is 9.64 Å². The zero-order valence-electron chi connectivity index (χ0n) is 15.9. The molecule has 0 radical (unpaired) electrons. The molecule has 4 rings (SSSR count). The molecule has 2 aliphatic rings. The molecule has 0 unspecified atom stereocenters. The molecular formula is C21H24N2O4S. The molecule has 0 bridgehead atoms. The van der Waals surface area contributed by atoms with E-state index in [1.165, 1.54) is 4.31 Å². The van der Waals surface area contributed by atoms with Crippen molar-refractivity contribution >= 4 is 15.9 Å². The number of sulfonamides is 1. The zero-order chi connectivity index (χ0) is 19.8. The molecule has 0 N–H and O–H groups in total. The Morgan fingerprint density at radius 1 is 1.00 bits per heavy atom. The van der Waals surface area contributed by atoms with Gasteiger partial charge in [0, 0.05) is 38.0 Å². The van der Waals surface area contributed by atoms with E-state index in [0.717, 1.165) is 5.56 Å². The van der Waals surface area contributed by atoms with Gasteiger partial charge in [0.25, 0.3) is 5.91 Å². The van der Waals surface area contributed by atoms with Crippen molar-refractivity contribution in [2.45, 2.75) is 30.4 Å². The highest BCUT2D eigenvalue weighted by molar-refractivity contribution is 7.89. The van der Waals surface area contributed by atoms with E-state index < -0.39 is 15.7 Å². The lowest BCUT2D eigenvalue weighted by Gasteiger charge is -2.42. The number of piperidine rings is 1. The van der Waals surface area contributed by atoms with Crippen LogP contribution in [0.3, 0.4) is 0 Å². The number of likely N-dealkylation sites (tertiary alicyclic amines) is 1. The second-order valence-electron chi connectivity index (χ2n) is 7.35. The average Bonchev–Trinajstić information content (AvgIpc) is 3.12. The summed E-state index contributed by atoms with van der Waals surface area (Å²) in [5, 5.41) is 0. The fourth-order valence-electron chi connectivity index (χ4n) is 4.07. The fourth-order valence-corrected chi connectivity index (χ4v) is 5.81. The molecule has 0 saturated carbocycles. The first-order valence-electron chi connectivity index (χ1n) is 9.50. The normalized spacial score (nSPS) is 19.8. The van der Waals surface area contributed by atoms with Gasteiger partial charge in [-0.15, -0.1) is 0 Å². The van der Waals surface area contributed by atoms with Crippen LogP contribution < -0.4 is 0 Å². The maximum atomic E-state index is 13.1. The van der Waals surface area contributed by atoms with E-state index >= 15 is 0 Å². The summed E-state index contributed by atoms with van der Waals surface area (Å²) < 4.78 is 33.7. The van der Waals surface area contributed by atoms with Crippen molar-refractivity contribution in [3.8, 4) is 0 Å². The molecule has 1 spiro atoms. The minimum absolute atomic E-state index is 0.0194. The summed E-state index contributed by atoms with van der Waals surface area (Å²) >= 11 is 0. The minimum atomic E-state index is -3.64. The predicted octanol–water partition coefficient (Wildman–Crippen LogP) is 2.65. The van der Waals surface area contributed by atoms with Crippen LogP contribution in [0.2, 0.25) is 0 Å². The molecule has 2 aromatic rings. The molecular weight excluding hydrogens is 376 g/mol. The summed E-state index contributed by atoms with van der Waals surface area (Å²) in [4.78, 5) is 14.9. The molecule has 7 heteroatoms. The number of rotatable bonds is 3. The molecule has 0 atom stereocenters. The number of amides is 1. The Morgan fingerprint density at radius 2 is 1.71 bits per heavy atom. The lowest BCUT2D eigenvalue weighted by atomic mass is 9.99. The molecule has 2 aliphatic heterocycles. The van der Waals surface area contributed by atoms with Gasteiger partial charge in [0.15, 0.2) is 0 Å². The Kier molecular flexibility index (Phi) is 4.99. The second kappa shape index (κ2) is 7.31. The van der Waals surface area contributed by atoms with E-state index in [4.69, 9.17) is 4.74 Å². The van der Waals surface area contributed by atoms with Gasteiger partial charge in [0.2, 0.25) is 10.0 Å². The summed E-state index contributed by atoms with van der Waals surface area (Å²) in [6, 6.07) is 16.0. The smallest absolute Gasteiger partial charge is 0.253 e. The van der Waals surface area contributed by atoms with Crippen LogP contribution >= 0.6 is 0 Å². The Morgan fingerprint density at radius 3 is 2.39 bits per heavy atom. The number of carbonyl (C=O) groups is 1. The third-order valence-corrected chi connectivity index (χ3v) is 7.51. The van der Waals surface area contributed by atoms with Crippen molar-refractivity contribution < 1.29 is 17.9 Å². The van der Waals surface area contributed by atoms with Gasteiger partial charge in [-0.05, 0) is 31.2 Å². The molecule has 1 amide bonds. The van der Waals surface area contributed by atoms with Crippen LogP contribution in [0.5, 0.6) is 0 Å². The summed E-state index contributed by atoms with van der Waals surface area (Å²) in [5.41, 5.74) is 0.841. The van der Waals surface area contributed by atoms with E-state index in [-0.39, 0.29) is 10.8 Å². The first-order chi connectivity index (χ1) is 13.4. The Bertz CT molecular complexity index is 967. The van der Waals surface area contributed by atoms with Crippen LogP contribution in [-0.4, -0.2) is 55.5 Å². The second-order valence-corrected chi connectivity index (χ2v) is 9.21. The van der Waals surface area contributed by atoms with Gasteiger partial charge in [-0.2, -0.15) is 4.31 Å². The Hall–Kier alpha value is -2.22. The summed E-state index contributed by atoms with van der Waals surface area (Å²) in [5.74, 6) is -0.0194. The highest BCUT2D eigenvalue weighted by atomic mass is 32.2.